The molecule has 0 spiro atoms. The van der Waals surface area contributed by atoms with Crippen LogP contribution >= 0.6 is 50.7 Å². The maximum absolute atomic E-state index is 12.3. The van der Waals surface area contributed by atoms with Gasteiger partial charge < -0.3 is 0 Å². The third-order valence-electron chi connectivity index (χ3n) is 1.55. The van der Waals surface area contributed by atoms with Gasteiger partial charge in [-0.25, -0.2) is 8.78 Å². The highest BCUT2D eigenvalue weighted by atomic mass is 79.9. The zero-order valence-electron chi connectivity index (χ0n) is 6.58. The standard InChI is InChI=1S/C8H4BrCl3F2/c9-6(8(13)14)3-1-4(10)7(12)5(11)2-3/h1-2,6,8H. The van der Waals surface area contributed by atoms with Crippen LogP contribution < -0.4 is 0 Å². The van der Waals surface area contributed by atoms with Gasteiger partial charge >= 0.3 is 0 Å². The molecule has 6 heteroatoms. The van der Waals surface area contributed by atoms with E-state index in [0.717, 1.165) is 0 Å². The van der Waals surface area contributed by atoms with E-state index in [9.17, 15) is 8.78 Å². The van der Waals surface area contributed by atoms with Crippen LogP contribution in [0.5, 0.6) is 0 Å². The van der Waals surface area contributed by atoms with Crippen molar-refractivity contribution >= 4 is 50.7 Å². The Balaban J connectivity index is 3.12. The Kier molecular flexibility index (Phi) is 4.44. The van der Waals surface area contributed by atoms with Gasteiger partial charge in [0.2, 0.25) is 0 Å². The van der Waals surface area contributed by atoms with Crippen LogP contribution in [0.3, 0.4) is 0 Å². The molecule has 1 unspecified atom stereocenters. The van der Waals surface area contributed by atoms with Crippen LogP contribution in [0.2, 0.25) is 15.1 Å². The average Bonchev–Trinajstić information content (AvgIpc) is 2.12. The lowest BCUT2D eigenvalue weighted by atomic mass is 10.1. The molecule has 1 atom stereocenters. The smallest absolute Gasteiger partial charge is 0.209 e. The van der Waals surface area contributed by atoms with Crippen molar-refractivity contribution in [1.82, 2.24) is 0 Å². The largest absolute Gasteiger partial charge is 0.255 e. The summed E-state index contributed by atoms with van der Waals surface area (Å²) < 4.78 is 24.6. The quantitative estimate of drug-likeness (QED) is 0.508. The Hall–Kier alpha value is 0.430. The van der Waals surface area contributed by atoms with Crippen molar-refractivity contribution in [3.05, 3.63) is 32.8 Å². The van der Waals surface area contributed by atoms with Gasteiger partial charge in [-0.2, -0.15) is 0 Å². The Morgan fingerprint density at radius 3 is 1.86 bits per heavy atom. The molecule has 78 valence electrons. The van der Waals surface area contributed by atoms with Gasteiger partial charge in [-0.1, -0.05) is 50.7 Å². The van der Waals surface area contributed by atoms with Gasteiger partial charge in [0.15, 0.2) is 0 Å². The first kappa shape index (κ1) is 12.5. The van der Waals surface area contributed by atoms with E-state index >= 15 is 0 Å². The van der Waals surface area contributed by atoms with Gasteiger partial charge in [-0.05, 0) is 17.7 Å². The van der Waals surface area contributed by atoms with Crippen LogP contribution in [0.15, 0.2) is 12.1 Å². The number of hydrogen-bond donors (Lipinski definition) is 0. The van der Waals surface area contributed by atoms with Crippen molar-refractivity contribution in [2.24, 2.45) is 0 Å². The summed E-state index contributed by atoms with van der Waals surface area (Å²) in [5.74, 6) is 0. The zero-order chi connectivity index (χ0) is 10.9. The molecule has 0 aliphatic rings. The topological polar surface area (TPSA) is 0 Å². The van der Waals surface area contributed by atoms with Crippen molar-refractivity contribution in [3.8, 4) is 0 Å². The highest BCUT2D eigenvalue weighted by Gasteiger charge is 2.20. The molecule has 0 bridgehead atoms. The third kappa shape index (κ3) is 2.72. The van der Waals surface area contributed by atoms with Crippen molar-refractivity contribution in [2.45, 2.75) is 11.3 Å². The normalized spacial score (nSPS) is 13.4. The highest BCUT2D eigenvalue weighted by Crippen LogP contribution is 2.37. The molecule has 1 aromatic rings. The summed E-state index contributed by atoms with van der Waals surface area (Å²) in [5, 5.41) is 0.504. The molecule has 0 N–H and O–H groups in total. The second kappa shape index (κ2) is 4.97. The first-order chi connectivity index (χ1) is 6.43. The van der Waals surface area contributed by atoms with Gasteiger partial charge in [-0.3, -0.25) is 0 Å². The van der Waals surface area contributed by atoms with E-state index in [1.54, 1.807) is 0 Å². The van der Waals surface area contributed by atoms with Gasteiger partial charge in [0.1, 0.15) is 4.83 Å². The first-order valence-corrected chi connectivity index (χ1v) is 5.55. The second-order valence-electron chi connectivity index (χ2n) is 2.53. The van der Waals surface area contributed by atoms with E-state index in [1.165, 1.54) is 12.1 Å². The molecular weight excluding hydrogens is 320 g/mol. The molecule has 0 heterocycles. The van der Waals surface area contributed by atoms with E-state index in [2.05, 4.69) is 15.9 Å². The number of benzene rings is 1. The lowest BCUT2D eigenvalue weighted by Crippen LogP contribution is -2.01. The number of hydrogen-bond acceptors (Lipinski definition) is 0. The molecule has 0 saturated heterocycles. The second-order valence-corrected chi connectivity index (χ2v) is 4.71. The Bertz CT molecular complexity index is 320. The van der Waals surface area contributed by atoms with Gasteiger partial charge in [0.05, 0.1) is 15.1 Å². The fourth-order valence-corrected chi connectivity index (χ4v) is 1.76. The SMILES string of the molecule is FC(F)C(Br)c1cc(Cl)c(Cl)c(Cl)c1. The average molecular weight is 324 g/mol. The maximum Gasteiger partial charge on any atom is 0.255 e. The predicted molar refractivity (Wildman–Crippen MR) is 59.1 cm³/mol. The fourth-order valence-electron chi connectivity index (χ4n) is 0.880. The Morgan fingerprint density at radius 1 is 1.07 bits per heavy atom. The van der Waals surface area contributed by atoms with Crippen LogP contribution in [0.4, 0.5) is 8.78 Å². The maximum atomic E-state index is 12.3. The number of halogens is 6. The van der Waals surface area contributed by atoms with Crippen LogP contribution in [0.1, 0.15) is 10.4 Å². The van der Waals surface area contributed by atoms with E-state index in [1.807, 2.05) is 0 Å². The summed E-state index contributed by atoms with van der Waals surface area (Å²) in [7, 11) is 0. The van der Waals surface area contributed by atoms with Gasteiger partial charge in [0, 0.05) is 0 Å². The summed E-state index contributed by atoms with van der Waals surface area (Å²) in [6.07, 6.45) is -2.52. The van der Waals surface area contributed by atoms with Crippen LogP contribution in [0, 0.1) is 0 Å². The van der Waals surface area contributed by atoms with E-state index in [0.29, 0.717) is 5.56 Å². The Morgan fingerprint density at radius 2 is 1.50 bits per heavy atom. The van der Waals surface area contributed by atoms with Crippen LogP contribution in [-0.4, -0.2) is 6.43 Å². The summed E-state index contributed by atoms with van der Waals surface area (Å²) in [5.41, 5.74) is 0.305. The van der Waals surface area contributed by atoms with Crippen LogP contribution in [-0.2, 0) is 0 Å². The van der Waals surface area contributed by atoms with E-state index < -0.39 is 11.3 Å². The van der Waals surface area contributed by atoms with E-state index in [-0.39, 0.29) is 15.1 Å². The minimum Gasteiger partial charge on any atom is -0.209 e. The molecule has 0 aliphatic heterocycles. The summed E-state index contributed by atoms with van der Waals surface area (Å²) >= 11 is 19.9. The number of rotatable bonds is 2. The molecule has 1 aromatic carbocycles. The summed E-state index contributed by atoms with van der Waals surface area (Å²) in [4.78, 5) is -1.09. The van der Waals surface area contributed by atoms with Crippen molar-refractivity contribution in [1.29, 1.82) is 0 Å². The van der Waals surface area contributed by atoms with Crippen molar-refractivity contribution in [3.63, 3.8) is 0 Å². The van der Waals surface area contributed by atoms with Crippen molar-refractivity contribution in [2.75, 3.05) is 0 Å². The van der Waals surface area contributed by atoms with E-state index in [4.69, 9.17) is 34.8 Å². The molecule has 0 radical (unpaired) electrons. The lowest BCUT2D eigenvalue weighted by molar-refractivity contribution is 0.147. The summed E-state index contributed by atoms with van der Waals surface area (Å²) in [6, 6.07) is 2.72. The molecule has 0 aromatic heterocycles. The molecule has 0 saturated carbocycles. The molecule has 14 heavy (non-hydrogen) atoms. The zero-order valence-corrected chi connectivity index (χ0v) is 10.4. The summed E-state index contributed by atoms with van der Waals surface area (Å²) in [6.45, 7) is 0. The van der Waals surface area contributed by atoms with Crippen LogP contribution in [0.25, 0.3) is 0 Å². The van der Waals surface area contributed by atoms with Gasteiger partial charge in [-0.15, -0.1) is 0 Å². The van der Waals surface area contributed by atoms with Gasteiger partial charge in [0.25, 0.3) is 6.43 Å². The predicted octanol–water partition coefficient (Wildman–Crippen LogP) is 5.35. The monoisotopic (exact) mass is 322 g/mol. The minimum absolute atomic E-state index is 0.166. The number of alkyl halides is 3. The van der Waals surface area contributed by atoms with Crippen molar-refractivity contribution < 1.29 is 8.78 Å². The molecule has 0 aliphatic carbocycles. The fraction of sp³-hybridized carbons (Fsp3) is 0.250. The Labute approximate surface area is 103 Å². The molecular formula is C8H4BrCl3F2. The lowest BCUT2D eigenvalue weighted by Gasteiger charge is -2.10. The molecule has 0 amide bonds. The minimum atomic E-state index is -2.52. The highest BCUT2D eigenvalue weighted by molar-refractivity contribution is 9.09. The molecule has 1 rings (SSSR count). The molecule has 0 nitrogen and oxygen atoms in total. The third-order valence-corrected chi connectivity index (χ3v) is 3.67. The molecule has 0 fully saturated rings. The first-order valence-electron chi connectivity index (χ1n) is 3.50.